The molecule has 6 heterocycles. The summed E-state index contributed by atoms with van der Waals surface area (Å²) in [7, 11) is 5.65. The molecular weight excluding hydrogens is 722 g/mol. The Kier molecular flexibility index (Phi) is 7.84. The maximum Gasteiger partial charge on any atom is 0.319 e. The van der Waals surface area contributed by atoms with Crippen molar-refractivity contribution >= 4 is 44.3 Å². The van der Waals surface area contributed by atoms with Crippen LogP contribution in [-0.4, -0.2) is 122 Å². The molecule has 5 aromatic rings. The summed E-state index contributed by atoms with van der Waals surface area (Å²) in [4.78, 5) is 32.1. The van der Waals surface area contributed by atoms with Crippen molar-refractivity contribution in [3.63, 3.8) is 0 Å². The highest BCUT2D eigenvalue weighted by Crippen LogP contribution is 2.48. The number of benzene rings is 3. The van der Waals surface area contributed by atoms with Crippen molar-refractivity contribution in [2.24, 2.45) is 7.05 Å². The van der Waals surface area contributed by atoms with Crippen molar-refractivity contribution in [1.82, 2.24) is 34.4 Å². The lowest BCUT2D eigenvalue weighted by Crippen LogP contribution is -2.59. The van der Waals surface area contributed by atoms with Gasteiger partial charge in [-0.25, -0.2) is 13.2 Å². The number of ether oxygens (including phenoxy) is 1. The van der Waals surface area contributed by atoms with Crippen LogP contribution < -0.4 is 9.64 Å². The van der Waals surface area contributed by atoms with Crippen LogP contribution in [0.5, 0.6) is 11.8 Å². The van der Waals surface area contributed by atoms with Gasteiger partial charge < -0.3 is 19.6 Å². The summed E-state index contributed by atoms with van der Waals surface area (Å²) in [6.45, 7) is 2.27. The zero-order chi connectivity index (χ0) is 38.8. The SMILES string of the molecule is C#Cc1c(F)ccc2cc(O)cc(-c3c(F)c4nc(OC[C@@]56CCCN5C[C@H](F)C6)nc(N5[C@@H]6CC[C@H]5CN(C(=O)C5(N(C)C)CC5)C6)c4c4cn(C)nc34)c12. The van der Waals surface area contributed by atoms with E-state index in [9.17, 15) is 14.3 Å². The van der Waals surface area contributed by atoms with Gasteiger partial charge in [-0.05, 0) is 88.3 Å². The third-order valence-corrected chi connectivity index (χ3v) is 13.3. The van der Waals surface area contributed by atoms with Crippen LogP contribution in [0.4, 0.5) is 19.0 Å². The van der Waals surface area contributed by atoms with Gasteiger partial charge in [0.2, 0.25) is 5.91 Å². The van der Waals surface area contributed by atoms with E-state index in [-0.39, 0.29) is 69.5 Å². The van der Waals surface area contributed by atoms with Crippen LogP contribution in [0.2, 0.25) is 0 Å². The van der Waals surface area contributed by atoms with Gasteiger partial charge >= 0.3 is 6.01 Å². The second-order valence-electron chi connectivity index (χ2n) is 16.8. The van der Waals surface area contributed by atoms with Crippen LogP contribution >= 0.6 is 0 Å². The molecule has 4 aliphatic heterocycles. The van der Waals surface area contributed by atoms with E-state index in [1.54, 1.807) is 17.9 Å². The van der Waals surface area contributed by atoms with Crippen LogP contribution in [0.3, 0.4) is 0 Å². The van der Waals surface area contributed by atoms with Gasteiger partial charge in [0.25, 0.3) is 0 Å². The number of anilines is 1. The molecule has 10 rings (SSSR count). The number of hydrogen-bond donors (Lipinski definition) is 1. The molecule has 2 aromatic heterocycles. The van der Waals surface area contributed by atoms with Gasteiger partial charge in [-0.1, -0.05) is 12.0 Å². The van der Waals surface area contributed by atoms with Gasteiger partial charge in [0.05, 0.1) is 16.5 Å². The number of phenols is 1. The van der Waals surface area contributed by atoms with Gasteiger partial charge in [-0.2, -0.15) is 15.1 Å². The number of carbonyl (C=O) groups is 1. The highest BCUT2D eigenvalue weighted by molar-refractivity contribution is 6.18. The number of nitrogens with zero attached hydrogens (tertiary/aromatic N) is 8. The average Bonchev–Trinajstić information content (AvgIpc) is 3.51. The molecule has 1 N–H and O–H groups in total. The van der Waals surface area contributed by atoms with Crippen molar-refractivity contribution < 1.29 is 27.8 Å². The average molecular weight is 765 g/mol. The number of rotatable bonds is 7. The highest BCUT2D eigenvalue weighted by Gasteiger charge is 2.56. The molecule has 290 valence electrons. The van der Waals surface area contributed by atoms with E-state index in [0.717, 1.165) is 45.1 Å². The van der Waals surface area contributed by atoms with Gasteiger partial charge in [-0.3, -0.25) is 19.3 Å². The first-order valence-corrected chi connectivity index (χ1v) is 19.5. The second-order valence-corrected chi connectivity index (χ2v) is 16.8. The molecule has 0 radical (unpaired) electrons. The highest BCUT2D eigenvalue weighted by atomic mass is 19.1. The Morgan fingerprint density at radius 2 is 1.84 bits per heavy atom. The predicted molar refractivity (Wildman–Crippen MR) is 206 cm³/mol. The maximum absolute atomic E-state index is 17.9. The van der Waals surface area contributed by atoms with Gasteiger partial charge in [0.1, 0.15) is 46.7 Å². The number of halogens is 3. The Labute approximate surface area is 322 Å². The lowest BCUT2D eigenvalue weighted by Gasteiger charge is -2.43. The molecule has 11 nitrogen and oxygen atoms in total. The second kappa shape index (κ2) is 12.4. The number of alkyl halides is 1. The first kappa shape index (κ1) is 35.3. The molecule has 5 aliphatic rings. The molecular formula is C42H43F3N8O3. The topological polar surface area (TPSA) is 103 Å². The Bertz CT molecular complexity index is 2520. The van der Waals surface area contributed by atoms with Gasteiger partial charge in [0, 0.05) is 67.7 Å². The molecule has 14 heteroatoms. The molecule has 1 saturated carbocycles. The number of aromatic nitrogens is 4. The zero-order valence-corrected chi connectivity index (χ0v) is 31.7. The number of likely N-dealkylation sites (N-methyl/N-ethyl adjacent to an activating group) is 1. The fraction of sp³-hybridized carbons (Fsp3) is 0.476. The molecule has 5 fully saturated rings. The number of likely N-dealkylation sites (tertiary alicyclic amines) is 1. The molecule has 56 heavy (non-hydrogen) atoms. The number of amides is 1. The van der Waals surface area contributed by atoms with Crippen LogP contribution in [-0.2, 0) is 11.8 Å². The number of aromatic hydroxyl groups is 1. The Balaban J connectivity index is 1.17. The summed E-state index contributed by atoms with van der Waals surface area (Å²) >= 11 is 0. The predicted octanol–water partition coefficient (Wildman–Crippen LogP) is 5.53. The van der Waals surface area contributed by atoms with E-state index in [1.807, 2.05) is 23.9 Å². The lowest BCUT2D eigenvalue weighted by atomic mass is 9.91. The van der Waals surface area contributed by atoms with Crippen molar-refractivity contribution in [2.75, 3.05) is 51.8 Å². The Morgan fingerprint density at radius 1 is 1.07 bits per heavy atom. The summed E-state index contributed by atoms with van der Waals surface area (Å²) in [5.74, 6) is 1.49. The van der Waals surface area contributed by atoms with E-state index in [1.165, 1.54) is 24.3 Å². The lowest BCUT2D eigenvalue weighted by molar-refractivity contribution is -0.138. The third kappa shape index (κ3) is 5.12. The van der Waals surface area contributed by atoms with E-state index in [2.05, 4.69) is 15.7 Å². The summed E-state index contributed by atoms with van der Waals surface area (Å²) in [5, 5.41) is 17.3. The standard InChI is InChI=1S/C42H43F3N8O3/c1-5-28-31(44)10-7-23-15-27(54)16-29(32(23)28)33-35(45)37-34(30-21-50(4)48-36(30)33)38(47-40(46-37)56-22-41-11-6-14-52(41)18-24(43)17-41)53-25-8-9-26(53)20-51(19-25)39(55)42(12-13-42)49(2)3/h1,7,10,15-16,21,24-26,54H,6,8-9,11-14,17-20,22H2,2-4H3/t24-,25-,26+,41+/m1/s1. The molecule has 0 spiro atoms. The van der Waals surface area contributed by atoms with E-state index >= 15 is 8.78 Å². The van der Waals surface area contributed by atoms with Crippen LogP contribution in [0, 0.1) is 24.0 Å². The smallest absolute Gasteiger partial charge is 0.319 e. The maximum atomic E-state index is 17.9. The summed E-state index contributed by atoms with van der Waals surface area (Å²) < 4.78 is 55.9. The Morgan fingerprint density at radius 3 is 2.55 bits per heavy atom. The van der Waals surface area contributed by atoms with Crippen molar-refractivity contribution in [3.8, 4) is 35.2 Å². The molecule has 4 saturated heterocycles. The molecule has 3 aromatic carbocycles. The van der Waals surface area contributed by atoms with E-state index < -0.39 is 28.9 Å². The monoisotopic (exact) mass is 764 g/mol. The van der Waals surface area contributed by atoms with Crippen LogP contribution in [0.1, 0.15) is 50.5 Å². The number of piperazine rings is 1. The fourth-order valence-electron chi connectivity index (χ4n) is 10.5. The van der Waals surface area contributed by atoms with E-state index in [0.29, 0.717) is 48.0 Å². The minimum Gasteiger partial charge on any atom is -0.508 e. The number of fused-ring (bicyclic) bond motifs is 7. The summed E-state index contributed by atoms with van der Waals surface area (Å²) in [6.07, 6.45) is 12.0. The normalized spacial score (nSPS) is 25.5. The fourth-order valence-corrected chi connectivity index (χ4v) is 10.5. The van der Waals surface area contributed by atoms with Gasteiger partial charge in [0.15, 0.2) is 5.82 Å². The molecule has 1 aliphatic carbocycles. The van der Waals surface area contributed by atoms with Crippen molar-refractivity contribution in [1.29, 1.82) is 0 Å². The van der Waals surface area contributed by atoms with Crippen LogP contribution in [0.15, 0.2) is 30.5 Å². The quantitative estimate of drug-likeness (QED) is 0.215. The summed E-state index contributed by atoms with van der Waals surface area (Å²) in [5.41, 5.74) is -0.631. The summed E-state index contributed by atoms with van der Waals surface area (Å²) in [6, 6.07) is 5.32. The van der Waals surface area contributed by atoms with E-state index in [4.69, 9.17) is 26.2 Å². The Hall–Kier alpha value is -5.13. The molecule has 2 bridgehead atoms. The number of aryl methyl sites for hydroxylation is 1. The first-order chi connectivity index (χ1) is 26.9. The first-order valence-electron chi connectivity index (χ1n) is 19.5. The zero-order valence-electron chi connectivity index (χ0n) is 31.7. The number of terminal acetylenes is 1. The largest absolute Gasteiger partial charge is 0.508 e. The molecule has 0 unspecified atom stereocenters. The third-order valence-electron chi connectivity index (χ3n) is 13.3. The van der Waals surface area contributed by atoms with Crippen LogP contribution in [0.25, 0.3) is 43.7 Å². The minimum atomic E-state index is -0.961. The molecule has 4 atom stereocenters. The number of carbonyl (C=O) groups excluding carboxylic acids is 1. The van der Waals surface area contributed by atoms with Crippen molar-refractivity contribution in [3.05, 3.63) is 47.7 Å². The minimum absolute atomic E-state index is 0.000121. The van der Waals surface area contributed by atoms with Crippen molar-refractivity contribution in [2.45, 2.75) is 74.3 Å². The number of hydrogen-bond acceptors (Lipinski definition) is 9. The van der Waals surface area contributed by atoms with Gasteiger partial charge in [-0.15, -0.1) is 6.42 Å². The number of phenolic OH excluding ortho intramolecular Hbond substituents is 1. The molecule has 1 amide bonds.